The van der Waals surface area contributed by atoms with E-state index >= 15 is 0 Å². The molecule has 0 saturated heterocycles. The number of hydrogen-bond acceptors (Lipinski definition) is 4. The van der Waals surface area contributed by atoms with Gasteiger partial charge in [0.2, 0.25) is 5.82 Å². The van der Waals surface area contributed by atoms with Gasteiger partial charge in [-0.25, -0.2) is 0 Å². The van der Waals surface area contributed by atoms with Crippen molar-refractivity contribution in [3.05, 3.63) is 36.4 Å². The van der Waals surface area contributed by atoms with Crippen molar-refractivity contribution in [2.45, 2.75) is 44.6 Å². The summed E-state index contributed by atoms with van der Waals surface area (Å²) in [7, 11) is 0. The van der Waals surface area contributed by atoms with Gasteiger partial charge >= 0.3 is 11.8 Å². The van der Waals surface area contributed by atoms with Gasteiger partial charge in [0.1, 0.15) is 0 Å². The predicted octanol–water partition coefficient (Wildman–Crippen LogP) is 3.67. The van der Waals surface area contributed by atoms with E-state index in [1.54, 1.807) is 0 Å². The molecule has 24 heavy (non-hydrogen) atoms. The number of nitrogens with zero attached hydrogens (tertiary/aromatic N) is 2. The van der Waals surface area contributed by atoms with Gasteiger partial charge in [0.05, 0.1) is 0 Å². The van der Waals surface area contributed by atoms with Gasteiger partial charge in [0.25, 0.3) is 0 Å². The third kappa shape index (κ3) is 3.04. The van der Waals surface area contributed by atoms with Gasteiger partial charge < -0.3 is 14.8 Å². The Bertz CT molecular complexity index is 843. The molecule has 0 aliphatic heterocycles. The van der Waals surface area contributed by atoms with Crippen LogP contribution >= 0.6 is 0 Å². The molecule has 6 nitrogen and oxygen atoms in total. The van der Waals surface area contributed by atoms with Crippen LogP contribution in [0.2, 0.25) is 0 Å². The predicted molar refractivity (Wildman–Crippen MR) is 90.5 cm³/mol. The van der Waals surface area contributed by atoms with Crippen molar-refractivity contribution in [1.82, 2.24) is 20.4 Å². The number of benzene rings is 1. The van der Waals surface area contributed by atoms with Gasteiger partial charge in [-0.2, -0.15) is 4.98 Å². The maximum Gasteiger partial charge on any atom is 0.316 e. The maximum absolute atomic E-state index is 12.3. The fourth-order valence-electron chi connectivity index (χ4n) is 3.29. The minimum atomic E-state index is -0.276. The lowest BCUT2D eigenvalue weighted by Gasteiger charge is -2.14. The summed E-state index contributed by atoms with van der Waals surface area (Å²) in [4.78, 5) is 19.7. The van der Waals surface area contributed by atoms with Crippen LogP contribution in [0, 0.1) is 0 Å². The molecule has 1 aromatic carbocycles. The normalized spacial score (nSPS) is 16.2. The van der Waals surface area contributed by atoms with Gasteiger partial charge in [-0.05, 0) is 30.4 Å². The molecule has 3 aromatic rings. The Balaban J connectivity index is 1.50. The second-order valence-corrected chi connectivity index (χ2v) is 6.36. The molecule has 2 aromatic heterocycles. The molecule has 124 valence electrons. The molecule has 1 saturated carbocycles. The first-order chi connectivity index (χ1) is 11.8. The number of carbonyl (C=O) groups excluding carboxylic acids is 1. The summed E-state index contributed by atoms with van der Waals surface area (Å²) in [5, 5.41) is 8.09. The summed E-state index contributed by atoms with van der Waals surface area (Å²) < 4.78 is 5.16. The van der Waals surface area contributed by atoms with Crippen molar-refractivity contribution < 1.29 is 9.32 Å². The molecular formula is C18H20N4O2. The summed E-state index contributed by atoms with van der Waals surface area (Å²) >= 11 is 0. The van der Waals surface area contributed by atoms with Crippen LogP contribution in [0.5, 0.6) is 0 Å². The van der Waals surface area contributed by atoms with Crippen molar-refractivity contribution in [2.75, 3.05) is 0 Å². The lowest BCUT2D eigenvalue weighted by atomic mass is 10.1. The lowest BCUT2D eigenvalue weighted by Crippen LogP contribution is -2.34. The van der Waals surface area contributed by atoms with Crippen molar-refractivity contribution in [1.29, 1.82) is 0 Å². The Morgan fingerprint density at radius 1 is 1.17 bits per heavy atom. The molecule has 6 heteroatoms. The van der Waals surface area contributed by atoms with E-state index in [1.807, 2.05) is 30.5 Å². The zero-order valence-electron chi connectivity index (χ0n) is 13.4. The molecule has 0 atom stereocenters. The molecule has 1 aliphatic carbocycles. The molecule has 2 N–H and O–H groups in total. The van der Waals surface area contributed by atoms with Crippen molar-refractivity contribution in [3.63, 3.8) is 0 Å². The van der Waals surface area contributed by atoms with Crippen molar-refractivity contribution in [2.24, 2.45) is 0 Å². The number of H-pyrrole nitrogens is 1. The summed E-state index contributed by atoms with van der Waals surface area (Å²) in [5.41, 5.74) is 1.82. The highest BCUT2D eigenvalue weighted by atomic mass is 16.5. The summed E-state index contributed by atoms with van der Waals surface area (Å²) in [6.07, 6.45) is 8.76. The van der Waals surface area contributed by atoms with Crippen molar-refractivity contribution in [3.8, 4) is 11.4 Å². The molecule has 1 fully saturated rings. The monoisotopic (exact) mass is 324 g/mol. The van der Waals surface area contributed by atoms with E-state index in [0.717, 1.165) is 42.1 Å². The molecule has 2 heterocycles. The van der Waals surface area contributed by atoms with E-state index in [-0.39, 0.29) is 17.8 Å². The number of carbonyl (C=O) groups is 1. The van der Waals surface area contributed by atoms with Crippen molar-refractivity contribution >= 4 is 16.8 Å². The number of fused-ring (bicyclic) bond motifs is 1. The highest BCUT2D eigenvalue weighted by molar-refractivity contribution is 5.90. The van der Waals surface area contributed by atoms with Crippen LogP contribution in [-0.2, 0) is 0 Å². The first-order valence-electron chi connectivity index (χ1n) is 8.52. The second kappa shape index (κ2) is 6.47. The van der Waals surface area contributed by atoms with Crippen LogP contribution in [-0.4, -0.2) is 27.1 Å². The summed E-state index contributed by atoms with van der Waals surface area (Å²) in [5.74, 6) is 0.181. The molecule has 0 bridgehead atoms. The molecule has 4 rings (SSSR count). The van der Waals surface area contributed by atoms with E-state index in [2.05, 4.69) is 20.4 Å². The number of rotatable bonds is 3. The van der Waals surface area contributed by atoms with Crippen LogP contribution < -0.4 is 5.32 Å². The van der Waals surface area contributed by atoms with Crippen LogP contribution in [0.4, 0.5) is 0 Å². The quantitative estimate of drug-likeness (QED) is 0.720. The summed E-state index contributed by atoms with van der Waals surface area (Å²) in [6.45, 7) is 0. The first kappa shape index (κ1) is 14.9. The Labute approximate surface area is 139 Å². The van der Waals surface area contributed by atoms with E-state index < -0.39 is 0 Å². The Kier molecular flexibility index (Phi) is 4.02. The Morgan fingerprint density at radius 3 is 2.83 bits per heavy atom. The zero-order valence-corrected chi connectivity index (χ0v) is 13.4. The van der Waals surface area contributed by atoms with Crippen LogP contribution in [0.3, 0.4) is 0 Å². The van der Waals surface area contributed by atoms with Crippen LogP contribution in [0.15, 0.2) is 35.0 Å². The number of amides is 1. The number of aromatic nitrogens is 3. The van der Waals surface area contributed by atoms with E-state index in [0.29, 0.717) is 5.82 Å². The van der Waals surface area contributed by atoms with Gasteiger partial charge in [0, 0.05) is 23.3 Å². The number of nitrogens with one attached hydrogen (secondary N) is 2. The number of aromatic amines is 1. The second-order valence-electron chi connectivity index (χ2n) is 6.36. The fourth-order valence-corrected chi connectivity index (χ4v) is 3.29. The smallest absolute Gasteiger partial charge is 0.316 e. The highest BCUT2D eigenvalue weighted by Crippen LogP contribution is 2.22. The standard InChI is InChI=1S/C18H20N4O2/c23-17(20-14-5-3-1-2-4-6-14)18-21-16(22-24-18)13-8-7-12-9-10-19-15(12)11-13/h7-11,14,19H,1-6H2,(H,20,23). The molecule has 1 amide bonds. The van der Waals surface area contributed by atoms with Crippen LogP contribution in [0.25, 0.3) is 22.3 Å². The van der Waals surface area contributed by atoms with Gasteiger partial charge in [-0.1, -0.05) is 43.0 Å². The Hall–Kier alpha value is -2.63. The average Bonchev–Trinajstić information content (AvgIpc) is 3.19. The summed E-state index contributed by atoms with van der Waals surface area (Å²) in [6, 6.07) is 8.08. The minimum absolute atomic E-state index is 0.0285. The van der Waals surface area contributed by atoms with Gasteiger partial charge in [-0.15, -0.1) is 0 Å². The van der Waals surface area contributed by atoms with E-state index in [9.17, 15) is 4.79 Å². The molecular weight excluding hydrogens is 304 g/mol. The lowest BCUT2D eigenvalue weighted by molar-refractivity contribution is 0.0889. The first-order valence-corrected chi connectivity index (χ1v) is 8.52. The maximum atomic E-state index is 12.3. The average molecular weight is 324 g/mol. The molecule has 0 radical (unpaired) electrons. The molecule has 1 aliphatic rings. The third-order valence-corrected chi connectivity index (χ3v) is 4.62. The van der Waals surface area contributed by atoms with Gasteiger partial charge in [0.15, 0.2) is 0 Å². The Morgan fingerprint density at radius 2 is 2.00 bits per heavy atom. The zero-order chi connectivity index (χ0) is 16.4. The third-order valence-electron chi connectivity index (χ3n) is 4.62. The van der Waals surface area contributed by atoms with Crippen LogP contribution in [0.1, 0.15) is 49.2 Å². The topological polar surface area (TPSA) is 83.8 Å². The van der Waals surface area contributed by atoms with Gasteiger partial charge in [-0.3, -0.25) is 4.79 Å². The number of hydrogen-bond donors (Lipinski definition) is 2. The molecule has 0 unspecified atom stereocenters. The van der Waals surface area contributed by atoms with E-state index in [1.165, 1.54) is 12.8 Å². The fraction of sp³-hybridized carbons (Fsp3) is 0.389. The largest absolute Gasteiger partial charge is 0.361 e. The highest BCUT2D eigenvalue weighted by Gasteiger charge is 2.20. The molecule has 0 spiro atoms. The SMILES string of the molecule is O=C(NC1CCCCCC1)c1nc(-c2ccc3cc[nH]c3c2)no1. The minimum Gasteiger partial charge on any atom is -0.361 e. The van der Waals surface area contributed by atoms with E-state index in [4.69, 9.17) is 4.52 Å².